The van der Waals surface area contributed by atoms with Crippen molar-refractivity contribution in [3.05, 3.63) is 0 Å². The Morgan fingerprint density at radius 1 is 1.28 bits per heavy atom. The van der Waals surface area contributed by atoms with Crippen LogP contribution >= 0.6 is 0 Å². The smallest absolute Gasteiger partial charge is 0.409 e. The van der Waals surface area contributed by atoms with Crippen LogP contribution in [0.15, 0.2) is 4.99 Å². The van der Waals surface area contributed by atoms with E-state index in [1.165, 1.54) is 6.26 Å². The van der Waals surface area contributed by atoms with Crippen molar-refractivity contribution in [3.8, 4) is 0 Å². The molecule has 2 N–H and O–H groups in total. The molecule has 0 bridgehead atoms. The molecule has 0 spiro atoms. The van der Waals surface area contributed by atoms with Gasteiger partial charge in [-0.1, -0.05) is 0 Å². The van der Waals surface area contributed by atoms with Gasteiger partial charge in [-0.15, -0.1) is 0 Å². The third kappa shape index (κ3) is 9.49. The number of nitrogens with zero attached hydrogens (tertiary/aromatic N) is 2. The van der Waals surface area contributed by atoms with Gasteiger partial charge in [-0.05, 0) is 19.8 Å². The molecule has 1 saturated heterocycles. The number of hydrogen-bond donors (Lipinski definition) is 2. The Morgan fingerprint density at radius 3 is 2.52 bits per heavy atom. The molecular formula is C15H30N4O5S. The molecule has 1 aliphatic heterocycles. The predicted octanol–water partition coefficient (Wildman–Crippen LogP) is -0.166. The average molecular weight is 378 g/mol. The standard InChI is InChI=1S/C15H30N4O5S/c1-4-24-15(20)19-8-5-13(6-9-19)18-14(16-2)17-7-10-23-11-12-25(3,21)22/h13H,4-12H2,1-3H3,(H2,16,17,18). The molecule has 0 unspecified atom stereocenters. The minimum absolute atomic E-state index is 0.0268. The van der Waals surface area contributed by atoms with Crippen molar-refractivity contribution >= 4 is 21.9 Å². The van der Waals surface area contributed by atoms with Crippen molar-refractivity contribution in [2.45, 2.75) is 25.8 Å². The monoisotopic (exact) mass is 378 g/mol. The number of aliphatic imine (C=N–C) groups is 1. The Hall–Kier alpha value is -1.55. The van der Waals surface area contributed by atoms with Crippen LogP contribution in [-0.4, -0.2) is 89.9 Å². The molecule has 0 aromatic carbocycles. The number of rotatable bonds is 8. The summed E-state index contributed by atoms with van der Waals surface area (Å²) in [6.45, 7) is 4.62. The Morgan fingerprint density at radius 2 is 1.96 bits per heavy atom. The summed E-state index contributed by atoms with van der Waals surface area (Å²) in [4.78, 5) is 17.5. The summed E-state index contributed by atoms with van der Waals surface area (Å²) in [7, 11) is -1.30. The second-order valence-electron chi connectivity index (χ2n) is 5.85. The number of piperidine rings is 1. The number of carbonyl (C=O) groups excluding carboxylic acids is 1. The fourth-order valence-electron chi connectivity index (χ4n) is 2.36. The Bertz CT molecular complexity index is 530. The molecule has 25 heavy (non-hydrogen) atoms. The summed E-state index contributed by atoms with van der Waals surface area (Å²) in [5.74, 6) is 0.695. The van der Waals surface area contributed by atoms with Crippen LogP contribution in [0.5, 0.6) is 0 Å². The van der Waals surface area contributed by atoms with Crippen molar-refractivity contribution in [2.75, 3.05) is 58.5 Å². The number of ether oxygens (including phenoxy) is 2. The quantitative estimate of drug-likeness (QED) is 0.343. The van der Waals surface area contributed by atoms with Gasteiger partial charge in [0, 0.05) is 39.0 Å². The van der Waals surface area contributed by atoms with Gasteiger partial charge in [-0.3, -0.25) is 4.99 Å². The number of sulfone groups is 1. The fourth-order valence-corrected chi connectivity index (χ4v) is 2.78. The summed E-state index contributed by atoms with van der Waals surface area (Å²) >= 11 is 0. The molecule has 1 fully saturated rings. The van der Waals surface area contributed by atoms with Crippen molar-refractivity contribution in [3.63, 3.8) is 0 Å². The lowest BCUT2D eigenvalue weighted by molar-refractivity contribution is 0.0962. The molecule has 0 saturated carbocycles. The zero-order valence-electron chi connectivity index (χ0n) is 15.3. The van der Waals surface area contributed by atoms with Gasteiger partial charge in [0.15, 0.2) is 5.96 Å². The minimum Gasteiger partial charge on any atom is -0.450 e. The van der Waals surface area contributed by atoms with E-state index in [4.69, 9.17) is 9.47 Å². The molecule has 9 nitrogen and oxygen atoms in total. The van der Waals surface area contributed by atoms with Crippen molar-refractivity contribution in [1.29, 1.82) is 0 Å². The number of likely N-dealkylation sites (tertiary alicyclic amines) is 1. The third-order valence-electron chi connectivity index (χ3n) is 3.72. The molecule has 1 amide bonds. The summed E-state index contributed by atoms with van der Waals surface area (Å²) in [5, 5.41) is 6.45. The molecule has 0 aromatic rings. The van der Waals surface area contributed by atoms with Crippen molar-refractivity contribution in [1.82, 2.24) is 15.5 Å². The number of nitrogens with one attached hydrogen (secondary N) is 2. The maximum Gasteiger partial charge on any atom is 0.409 e. The zero-order valence-corrected chi connectivity index (χ0v) is 16.1. The number of guanidine groups is 1. The van der Waals surface area contributed by atoms with Gasteiger partial charge in [0.1, 0.15) is 9.84 Å². The summed E-state index contributed by atoms with van der Waals surface area (Å²) in [5.41, 5.74) is 0. The molecule has 146 valence electrons. The van der Waals surface area contributed by atoms with Gasteiger partial charge in [0.05, 0.1) is 25.6 Å². The van der Waals surface area contributed by atoms with Gasteiger partial charge in [0.2, 0.25) is 0 Å². The van der Waals surface area contributed by atoms with E-state index in [1.54, 1.807) is 18.9 Å². The SMILES string of the molecule is CCOC(=O)N1CCC(NC(=NC)NCCOCCS(C)(=O)=O)CC1. The van der Waals surface area contributed by atoms with E-state index in [0.29, 0.717) is 38.8 Å². The minimum atomic E-state index is -2.98. The van der Waals surface area contributed by atoms with Crippen LogP contribution in [0.3, 0.4) is 0 Å². The van der Waals surface area contributed by atoms with Crippen LogP contribution in [-0.2, 0) is 19.3 Å². The van der Waals surface area contributed by atoms with Gasteiger partial charge < -0.3 is 25.0 Å². The first kappa shape index (κ1) is 21.5. The Labute approximate surface area is 150 Å². The highest BCUT2D eigenvalue weighted by Crippen LogP contribution is 2.11. The molecule has 1 heterocycles. The maximum absolute atomic E-state index is 11.7. The lowest BCUT2D eigenvalue weighted by Crippen LogP contribution is -2.50. The van der Waals surface area contributed by atoms with Crippen LogP contribution < -0.4 is 10.6 Å². The molecular weight excluding hydrogens is 348 g/mol. The van der Waals surface area contributed by atoms with Crippen LogP contribution in [0.25, 0.3) is 0 Å². The fraction of sp³-hybridized carbons (Fsp3) is 0.867. The highest BCUT2D eigenvalue weighted by Gasteiger charge is 2.23. The molecule has 0 aliphatic carbocycles. The third-order valence-corrected chi connectivity index (χ3v) is 4.63. The molecule has 0 aromatic heterocycles. The second kappa shape index (κ2) is 11.1. The van der Waals surface area contributed by atoms with E-state index in [1.807, 2.05) is 0 Å². The highest BCUT2D eigenvalue weighted by atomic mass is 32.2. The van der Waals surface area contributed by atoms with E-state index in [-0.39, 0.29) is 24.5 Å². The van der Waals surface area contributed by atoms with Crippen LogP contribution in [0.4, 0.5) is 4.79 Å². The van der Waals surface area contributed by atoms with E-state index in [9.17, 15) is 13.2 Å². The summed E-state index contributed by atoms with van der Waals surface area (Å²) < 4.78 is 32.2. The average Bonchev–Trinajstić information content (AvgIpc) is 2.56. The first-order valence-corrected chi connectivity index (χ1v) is 10.6. The largest absolute Gasteiger partial charge is 0.450 e. The van der Waals surface area contributed by atoms with Gasteiger partial charge >= 0.3 is 6.09 Å². The molecule has 1 aliphatic rings. The molecule has 0 atom stereocenters. The van der Waals surface area contributed by atoms with E-state index >= 15 is 0 Å². The predicted molar refractivity (Wildman–Crippen MR) is 96.6 cm³/mol. The van der Waals surface area contributed by atoms with Crippen molar-refractivity contribution < 1.29 is 22.7 Å². The Kier molecular flexibility index (Phi) is 9.58. The molecule has 10 heteroatoms. The van der Waals surface area contributed by atoms with Gasteiger partial charge in [-0.2, -0.15) is 0 Å². The lowest BCUT2D eigenvalue weighted by Gasteiger charge is -2.32. The first-order valence-electron chi connectivity index (χ1n) is 8.50. The maximum atomic E-state index is 11.7. The summed E-state index contributed by atoms with van der Waals surface area (Å²) in [6.07, 6.45) is 2.58. The highest BCUT2D eigenvalue weighted by molar-refractivity contribution is 7.90. The number of hydrogen-bond acceptors (Lipinski definition) is 6. The van der Waals surface area contributed by atoms with E-state index in [2.05, 4.69) is 15.6 Å². The van der Waals surface area contributed by atoms with Crippen LogP contribution in [0, 0.1) is 0 Å². The van der Waals surface area contributed by atoms with E-state index in [0.717, 1.165) is 12.8 Å². The van der Waals surface area contributed by atoms with Crippen molar-refractivity contribution in [2.24, 2.45) is 4.99 Å². The van der Waals surface area contributed by atoms with E-state index < -0.39 is 9.84 Å². The normalized spacial score (nSPS) is 16.6. The summed E-state index contributed by atoms with van der Waals surface area (Å²) in [6, 6.07) is 0.239. The zero-order chi connectivity index (χ0) is 18.7. The topological polar surface area (TPSA) is 109 Å². The number of carbonyl (C=O) groups is 1. The first-order chi connectivity index (χ1) is 11.9. The molecule has 0 radical (unpaired) electrons. The number of amides is 1. The lowest BCUT2D eigenvalue weighted by atomic mass is 10.1. The Balaban J connectivity index is 2.19. The molecule has 1 rings (SSSR count). The van der Waals surface area contributed by atoms with Gasteiger partial charge in [0.25, 0.3) is 0 Å². The van der Waals surface area contributed by atoms with Crippen LogP contribution in [0.2, 0.25) is 0 Å². The van der Waals surface area contributed by atoms with Gasteiger partial charge in [-0.25, -0.2) is 13.2 Å². The van der Waals surface area contributed by atoms with Crippen LogP contribution in [0.1, 0.15) is 19.8 Å². The second-order valence-corrected chi connectivity index (χ2v) is 8.11.